The zero-order valence-corrected chi connectivity index (χ0v) is 8.24. The summed E-state index contributed by atoms with van der Waals surface area (Å²) >= 11 is 1.69. The van der Waals surface area contributed by atoms with Gasteiger partial charge in [0.2, 0.25) is 0 Å². The molecule has 1 unspecified atom stereocenters. The van der Waals surface area contributed by atoms with Crippen LogP contribution in [0.4, 0.5) is 0 Å². The summed E-state index contributed by atoms with van der Waals surface area (Å²) in [5.74, 6) is 0.876. The van der Waals surface area contributed by atoms with Crippen LogP contribution in [0, 0.1) is 5.92 Å². The molecule has 0 saturated heterocycles. The molecule has 2 nitrogen and oxygen atoms in total. The van der Waals surface area contributed by atoms with Gasteiger partial charge in [0.25, 0.3) is 0 Å². The lowest BCUT2D eigenvalue weighted by Gasteiger charge is -2.07. The average Bonchev–Trinajstić information content (AvgIpc) is 2.03. The quantitative estimate of drug-likeness (QED) is 0.473. The van der Waals surface area contributed by atoms with E-state index in [1.807, 2.05) is 20.1 Å². The lowest BCUT2D eigenvalue weighted by molar-refractivity contribution is -0.147. The Labute approximate surface area is 72.7 Å². The molecule has 0 aliphatic heterocycles. The fraction of sp³-hybridized carbons (Fsp3) is 0.875. The Morgan fingerprint density at radius 1 is 1.64 bits per heavy atom. The summed E-state index contributed by atoms with van der Waals surface area (Å²) in [6.45, 7) is 4.42. The third kappa shape index (κ3) is 5.13. The first-order valence-electron chi connectivity index (χ1n) is 3.88. The fourth-order valence-corrected chi connectivity index (χ4v) is 0.785. The van der Waals surface area contributed by atoms with Crippen molar-refractivity contribution in [3.8, 4) is 0 Å². The SMILES string of the molecule is CCC(C)C(=O)OCCSC. The van der Waals surface area contributed by atoms with Crippen LogP contribution in [0.2, 0.25) is 0 Å². The molecule has 0 amide bonds. The molecule has 0 radical (unpaired) electrons. The minimum absolute atomic E-state index is 0.0526. The number of ether oxygens (including phenoxy) is 1. The maximum absolute atomic E-state index is 11.0. The fourth-order valence-electron chi connectivity index (χ4n) is 0.535. The van der Waals surface area contributed by atoms with E-state index in [0.717, 1.165) is 12.2 Å². The van der Waals surface area contributed by atoms with E-state index < -0.39 is 0 Å². The first kappa shape index (κ1) is 10.8. The van der Waals surface area contributed by atoms with Gasteiger partial charge in [-0.1, -0.05) is 13.8 Å². The second kappa shape index (κ2) is 6.53. The molecule has 0 spiro atoms. The number of rotatable bonds is 5. The van der Waals surface area contributed by atoms with Crippen molar-refractivity contribution in [2.75, 3.05) is 18.6 Å². The number of carbonyl (C=O) groups is 1. The van der Waals surface area contributed by atoms with Crippen LogP contribution in [-0.4, -0.2) is 24.6 Å². The molecule has 0 N–H and O–H groups in total. The van der Waals surface area contributed by atoms with Gasteiger partial charge in [-0.25, -0.2) is 0 Å². The van der Waals surface area contributed by atoms with E-state index in [4.69, 9.17) is 4.74 Å². The van der Waals surface area contributed by atoms with Gasteiger partial charge in [-0.15, -0.1) is 0 Å². The summed E-state index contributed by atoms with van der Waals surface area (Å²) in [7, 11) is 0. The molecule has 0 heterocycles. The Kier molecular flexibility index (Phi) is 6.42. The largest absolute Gasteiger partial charge is 0.465 e. The first-order valence-corrected chi connectivity index (χ1v) is 5.27. The monoisotopic (exact) mass is 176 g/mol. The molecule has 0 aliphatic carbocycles. The zero-order chi connectivity index (χ0) is 8.69. The Bertz CT molecular complexity index is 115. The number of carbonyl (C=O) groups excluding carboxylic acids is 1. The lowest BCUT2D eigenvalue weighted by Crippen LogP contribution is -2.15. The topological polar surface area (TPSA) is 26.3 Å². The van der Waals surface area contributed by atoms with Crippen molar-refractivity contribution in [3.63, 3.8) is 0 Å². The second-order valence-electron chi connectivity index (χ2n) is 2.47. The van der Waals surface area contributed by atoms with E-state index in [9.17, 15) is 4.79 Å². The van der Waals surface area contributed by atoms with Crippen LogP contribution in [-0.2, 0) is 9.53 Å². The highest BCUT2D eigenvalue weighted by Crippen LogP contribution is 2.03. The van der Waals surface area contributed by atoms with E-state index in [-0.39, 0.29) is 11.9 Å². The molecule has 0 rings (SSSR count). The van der Waals surface area contributed by atoms with E-state index in [1.165, 1.54) is 0 Å². The van der Waals surface area contributed by atoms with Gasteiger partial charge < -0.3 is 4.74 Å². The maximum atomic E-state index is 11.0. The Balaban J connectivity index is 3.36. The molecule has 1 atom stereocenters. The molecule has 0 aromatic carbocycles. The molecule has 0 aromatic rings. The van der Waals surface area contributed by atoms with Crippen molar-refractivity contribution in [2.24, 2.45) is 5.92 Å². The minimum atomic E-state index is -0.0680. The predicted molar refractivity (Wildman–Crippen MR) is 48.8 cm³/mol. The Morgan fingerprint density at radius 3 is 2.73 bits per heavy atom. The highest BCUT2D eigenvalue weighted by atomic mass is 32.2. The van der Waals surface area contributed by atoms with Crippen LogP contribution in [0.3, 0.4) is 0 Å². The van der Waals surface area contributed by atoms with Crippen LogP contribution in [0.5, 0.6) is 0 Å². The highest BCUT2D eigenvalue weighted by molar-refractivity contribution is 7.98. The molecule has 0 fully saturated rings. The summed E-state index contributed by atoms with van der Waals surface area (Å²) in [5, 5.41) is 0. The molecule has 0 aromatic heterocycles. The van der Waals surface area contributed by atoms with Crippen LogP contribution in [0.25, 0.3) is 0 Å². The van der Waals surface area contributed by atoms with Gasteiger partial charge in [-0.05, 0) is 12.7 Å². The normalized spacial score (nSPS) is 12.6. The number of esters is 1. The summed E-state index contributed by atoms with van der Waals surface area (Å²) in [5.41, 5.74) is 0. The molecular formula is C8H16O2S. The molecule has 0 bridgehead atoms. The van der Waals surface area contributed by atoms with Crippen LogP contribution >= 0.6 is 11.8 Å². The maximum Gasteiger partial charge on any atom is 0.308 e. The molecular weight excluding hydrogens is 160 g/mol. The van der Waals surface area contributed by atoms with E-state index in [0.29, 0.717) is 6.61 Å². The van der Waals surface area contributed by atoms with Gasteiger partial charge >= 0.3 is 5.97 Å². The molecule has 0 aliphatic rings. The Morgan fingerprint density at radius 2 is 2.27 bits per heavy atom. The smallest absolute Gasteiger partial charge is 0.308 e. The lowest BCUT2D eigenvalue weighted by atomic mass is 10.1. The Hall–Kier alpha value is -0.180. The van der Waals surface area contributed by atoms with Gasteiger partial charge in [0.1, 0.15) is 6.61 Å². The van der Waals surface area contributed by atoms with Gasteiger partial charge in [0, 0.05) is 5.75 Å². The summed E-state index contributed by atoms with van der Waals surface area (Å²) < 4.78 is 4.98. The van der Waals surface area contributed by atoms with Gasteiger partial charge in [0.05, 0.1) is 5.92 Å². The average molecular weight is 176 g/mol. The van der Waals surface area contributed by atoms with Crippen molar-refractivity contribution >= 4 is 17.7 Å². The van der Waals surface area contributed by atoms with Crippen LogP contribution in [0.15, 0.2) is 0 Å². The molecule has 66 valence electrons. The first-order chi connectivity index (χ1) is 5.22. The van der Waals surface area contributed by atoms with Gasteiger partial charge in [0.15, 0.2) is 0 Å². The van der Waals surface area contributed by atoms with Crippen LogP contribution < -0.4 is 0 Å². The number of hydrogen-bond donors (Lipinski definition) is 0. The number of hydrogen-bond acceptors (Lipinski definition) is 3. The van der Waals surface area contributed by atoms with Crippen molar-refractivity contribution < 1.29 is 9.53 Å². The molecule has 0 saturated carbocycles. The van der Waals surface area contributed by atoms with E-state index in [1.54, 1.807) is 11.8 Å². The molecule has 3 heteroatoms. The van der Waals surface area contributed by atoms with Crippen molar-refractivity contribution in [2.45, 2.75) is 20.3 Å². The second-order valence-corrected chi connectivity index (χ2v) is 3.46. The van der Waals surface area contributed by atoms with Gasteiger partial charge in [-0.3, -0.25) is 4.79 Å². The third-order valence-electron chi connectivity index (χ3n) is 1.55. The predicted octanol–water partition coefficient (Wildman–Crippen LogP) is 1.94. The summed E-state index contributed by atoms with van der Waals surface area (Å²) in [6, 6.07) is 0. The van der Waals surface area contributed by atoms with Crippen molar-refractivity contribution in [1.82, 2.24) is 0 Å². The van der Waals surface area contributed by atoms with E-state index >= 15 is 0 Å². The van der Waals surface area contributed by atoms with E-state index in [2.05, 4.69) is 0 Å². The zero-order valence-electron chi connectivity index (χ0n) is 7.42. The number of thioether (sulfide) groups is 1. The van der Waals surface area contributed by atoms with Crippen molar-refractivity contribution in [1.29, 1.82) is 0 Å². The minimum Gasteiger partial charge on any atom is -0.465 e. The summed E-state index contributed by atoms with van der Waals surface area (Å²) in [4.78, 5) is 11.0. The summed E-state index contributed by atoms with van der Waals surface area (Å²) in [6.07, 6.45) is 2.86. The van der Waals surface area contributed by atoms with Gasteiger partial charge in [-0.2, -0.15) is 11.8 Å². The third-order valence-corrected chi connectivity index (χ3v) is 2.12. The van der Waals surface area contributed by atoms with Crippen molar-refractivity contribution in [3.05, 3.63) is 0 Å². The highest BCUT2D eigenvalue weighted by Gasteiger charge is 2.10. The van der Waals surface area contributed by atoms with Crippen LogP contribution in [0.1, 0.15) is 20.3 Å². The molecule has 11 heavy (non-hydrogen) atoms. The standard InChI is InChI=1S/C8H16O2S/c1-4-7(2)8(9)10-5-6-11-3/h7H,4-6H2,1-3H3.